The van der Waals surface area contributed by atoms with Gasteiger partial charge in [0.05, 0.1) is 7.11 Å². The second-order valence-corrected chi connectivity index (χ2v) is 5.54. The Kier molecular flexibility index (Phi) is 3.95. The molecule has 1 saturated heterocycles. The molecule has 0 aromatic heterocycles. The summed E-state index contributed by atoms with van der Waals surface area (Å²) in [6.45, 7) is 2.14. The van der Waals surface area contributed by atoms with E-state index >= 15 is 0 Å². The molecule has 1 unspecified atom stereocenters. The molecule has 3 heteroatoms. The molecule has 0 amide bonds. The van der Waals surface area contributed by atoms with E-state index in [0.717, 1.165) is 35.0 Å². The number of ether oxygens (including phenoxy) is 1. The Hall–Kier alpha value is -1.51. The molecule has 1 heterocycles. The van der Waals surface area contributed by atoms with Gasteiger partial charge in [0.25, 0.3) is 0 Å². The van der Waals surface area contributed by atoms with Crippen molar-refractivity contribution < 1.29 is 4.74 Å². The molecule has 1 aliphatic heterocycles. The van der Waals surface area contributed by atoms with E-state index in [2.05, 4.69) is 23.5 Å². The number of hydrogen-bond acceptors (Lipinski definition) is 2. The lowest BCUT2D eigenvalue weighted by atomic mass is 9.94. The highest BCUT2D eigenvalue weighted by atomic mass is 35.5. The summed E-state index contributed by atoms with van der Waals surface area (Å²) in [7, 11) is 1.69. The molecule has 2 aromatic rings. The van der Waals surface area contributed by atoms with Crippen LogP contribution in [0.25, 0.3) is 11.1 Å². The van der Waals surface area contributed by atoms with E-state index in [4.69, 9.17) is 16.3 Å². The van der Waals surface area contributed by atoms with Crippen LogP contribution in [-0.4, -0.2) is 20.2 Å². The van der Waals surface area contributed by atoms with Gasteiger partial charge in [-0.25, -0.2) is 0 Å². The van der Waals surface area contributed by atoms with E-state index in [1.807, 2.05) is 24.3 Å². The largest absolute Gasteiger partial charge is 0.496 e. The van der Waals surface area contributed by atoms with Crippen LogP contribution in [-0.2, 0) is 0 Å². The third-order valence-electron chi connectivity index (χ3n) is 3.92. The normalized spacial score (nSPS) is 18.2. The van der Waals surface area contributed by atoms with E-state index in [9.17, 15) is 0 Å². The standard InChI is InChI=1S/C17H18ClNO/c1-20-17-5-3-2-4-14(17)15-10-12(6-7-16(15)18)13-8-9-19-11-13/h2-7,10,13,19H,8-9,11H2,1H3. The monoisotopic (exact) mass is 287 g/mol. The fraction of sp³-hybridized carbons (Fsp3) is 0.294. The third-order valence-corrected chi connectivity index (χ3v) is 4.25. The van der Waals surface area contributed by atoms with Gasteiger partial charge < -0.3 is 10.1 Å². The number of halogens is 1. The smallest absolute Gasteiger partial charge is 0.126 e. The molecule has 0 saturated carbocycles. The van der Waals surface area contributed by atoms with Crippen LogP contribution < -0.4 is 10.1 Å². The molecule has 1 atom stereocenters. The second-order valence-electron chi connectivity index (χ2n) is 5.13. The fourth-order valence-corrected chi connectivity index (χ4v) is 3.03. The molecule has 3 rings (SSSR count). The molecule has 2 nitrogen and oxygen atoms in total. The highest BCUT2D eigenvalue weighted by molar-refractivity contribution is 6.33. The average molecular weight is 288 g/mol. The van der Waals surface area contributed by atoms with Crippen LogP contribution in [0.15, 0.2) is 42.5 Å². The van der Waals surface area contributed by atoms with Crippen LogP contribution in [0.3, 0.4) is 0 Å². The summed E-state index contributed by atoms with van der Waals surface area (Å²) in [5, 5.41) is 4.18. The molecular formula is C17H18ClNO. The van der Waals surface area contributed by atoms with Crippen molar-refractivity contribution >= 4 is 11.6 Å². The molecule has 1 fully saturated rings. The molecule has 0 bridgehead atoms. The minimum absolute atomic E-state index is 0.584. The lowest BCUT2D eigenvalue weighted by Crippen LogP contribution is -2.08. The molecule has 0 aliphatic carbocycles. The van der Waals surface area contributed by atoms with Crippen molar-refractivity contribution in [2.45, 2.75) is 12.3 Å². The Morgan fingerprint density at radius 1 is 1.15 bits per heavy atom. The molecule has 20 heavy (non-hydrogen) atoms. The minimum atomic E-state index is 0.584. The van der Waals surface area contributed by atoms with Gasteiger partial charge in [-0.15, -0.1) is 0 Å². The number of methoxy groups -OCH3 is 1. The Morgan fingerprint density at radius 3 is 2.75 bits per heavy atom. The first-order valence-corrected chi connectivity index (χ1v) is 7.31. The summed E-state index contributed by atoms with van der Waals surface area (Å²) in [5.74, 6) is 1.44. The fourth-order valence-electron chi connectivity index (χ4n) is 2.81. The summed E-state index contributed by atoms with van der Waals surface area (Å²) in [5.41, 5.74) is 3.45. The van der Waals surface area contributed by atoms with Gasteiger partial charge in [0.1, 0.15) is 5.75 Å². The summed E-state index contributed by atoms with van der Waals surface area (Å²) in [6, 6.07) is 14.3. The zero-order valence-corrected chi connectivity index (χ0v) is 12.3. The molecule has 104 valence electrons. The van der Waals surface area contributed by atoms with Crippen molar-refractivity contribution in [2.75, 3.05) is 20.2 Å². The van der Waals surface area contributed by atoms with E-state index < -0.39 is 0 Å². The molecule has 1 N–H and O–H groups in total. The predicted molar refractivity (Wildman–Crippen MR) is 83.7 cm³/mol. The van der Waals surface area contributed by atoms with E-state index in [0.29, 0.717) is 5.92 Å². The SMILES string of the molecule is COc1ccccc1-c1cc(C2CCNC2)ccc1Cl. The first-order valence-electron chi connectivity index (χ1n) is 6.93. The second kappa shape index (κ2) is 5.86. The van der Waals surface area contributed by atoms with Crippen molar-refractivity contribution in [3.8, 4) is 16.9 Å². The van der Waals surface area contributed by atoms with E-state index in [1.165, 1.54) is 12.0 Å². The van der Waals surface area contributed by atoms with Gasteiger partial charge in [0.2, 0.25) is 0 Å². The quantitative estimate of drug-likeness (QED) is 0.918. The Bertz CT molecular complexity index is 606. The highest BCUT2D eigenvalue weighted by Crippen LogP contribution is 2.37. The average Bonchev–Trinajstić information content (AvgIpc) is 3.02. The van der Waals surface area contributed by atoms with Gasteiger partial charge >= 0.3 is 0 Å². The van der Waals surface area contributed by atoms with Crippen molar-refractivity contribution in [2.24, 2.45) is 0 Å². The van der Waals surface area contributed by atoms with Crippen molar-refractivity contribution in [1.29, 1.82) is 0 Å². The van der Waals surface area contributed by atoms with Crippen LogP contribution in [0.2, 0.25) is 5.02 Å². The molecular weight excluding hydrogens is 270 g/mol. The van der Waals surface area contributed by atoms with Gasteiger partial charge in [-0.2, -0.15) is 0 Å². The first kappa shape index (κ1) is 13.5. The lowest BCUT2D eigenvalue weighted by Gasteiger charge is -2.14. The zero-order valence-electron chi connectivity index (χ0n) is 11.5. The van der Waals surface area contributed by atoms with Crippen LogP contribution in [0.5, 0.6) is 5.75 Å². The van der Waals surface area contributed by atoms with Crippen molar-refractivity contribution in [1.82, 2.24) is 5.32 Å². The molecule has 0 spiro atoms. The minimum Gasteiger partial charge on any atom is -0.496 e. The highest BCUT2D eigenvalue weighted by Gasteiger charge is 2.18. The van der Waals surface area contributed by atoms with Crippen LogP contribution in [0, 0.1) is 0 Å². The molecule has 0 radical (unpaired) electrons. The lowest BCUT2D eigenvalue weighted by molar-refractivity contribution is 0.416. The van der Waals surface area contributed by atoms with Gasteiger partial charge in [-0.05, 0) is 42.6 Å². The van der Waals surface area contributed by atoms with Crippen LogP contribution in [0.1, 0.15) is 17.9 Å². The van der Waals surface area contributed by atoms with Gasteiger partial charge in [0.15, 0.2) is 0 Å². The van der Waals surface area contributed by atoms with Gasteiger partial charge in [-0.1, -0.05) is 35.9 Å². The number of nitrogens with one attached hydrogen (secondary N) is 1. The van der Waals surface area contributed by atoms with Gasteiger partial charge in [-0.3, -0.25) is 0 Å². The third kappa shape index (κ3) is 2.54. The summed E-state index contributed by atoms with van der Waals surface area (Å²) >= 11 is 6.40. The predicted octanol–water partition coefficient (Wildman–Crippen LogP) is 4.09. The number of rotatable bonds is 3. The zero-order chi connectivity index (χ0) is 13.9. The molecule has 2 aromatic carbocycles. The first-order chi connectivity index (χ1) is 9.79. The van der Waals surface area contributed by atoms with Crippen molar-refractivity contribution in [3.05, 3.63) is 53.1 Å². The summed E-state index contributed by atoms with van der Waals surface area (Å²) in [4.78, 5) is 0. The van der Waals surface area contributed by atoms with E-state index in [1.54, 1.807) is 7.11 Å². The Morgan fingerprint density at radius 2 is 2.00 bits per heavy atom. The number of para-hydroxylation sites is 1. The molecule has 1 aliphatic rings. The maximum absolute atomic E-state index is 6.40. The van der Waals surface area contributed by atoms with Crippen LogP contribution in [0.4, 0.5) is 0 Å². The Labute approximate surface area is 124 Å². The van der Waals surface area contributed by atoms with E-state index in [-0.39, 0.29) is 0 Å². The maximum Gasteiger partial charge on any atom is 0.126 e. The van der Waals surface area contributed by atoms with Crippen molar-refractivity contribution in [3.63, 3.8) is 0 Å². The van der Waals surface area contributed by atoms with Crippen LogP contribution >= 0.6 is 11.6 Å². The summed E-state index contributed by atoms with van der Waals surface area (Å²) < 4.78 is 5.45. The van der Waals surface area contributed by atoms with Gasteiger partial charge in [0, 0.05) is 22.7 Å². The number of benzene rings is 2. The Balaban J connectivity index is 2.05. The maximum atomic E-state index is 6.40. The number of hydrogen-bond donors (Lipinski definition) is 1. The topological polar surface area (TPSA) is 21.3 Å². The summed E-state index contributed by atoms with van der Waals surface area (Å²) in [6.07, 6.45) is 1.19.